The molecule has 0 radical (unpaired) electrons. The topological polar surface area (TPSA) is 35.6 Å². The molecule has 0 spiro atoms. The zero-order chi connectivity index (χ0) is 44.0. The Kier molecular flexibility index (Phi) is 8.42. The lowest BCUT2D eigenvalue weighted by molar-refractivity contribution is 1.18. The van der Waals surface area contributed by atoms with Gasteiger partial charge in [0, 0.05) is 43.0 Å². The second-order valence-electron chi connectivity index (χ2n) is 17.4. The van der Waals surface area contributed by atoms with Gasteiger partial charge >= 0.3 is 0 Å². The van der Waals surface area contributed by atoms with Crippen LogP contribution in [0.5, 0.6) is 0 Å². The van der Waals surface area contributed by atoms with E-state index in [2.05, 4.69) is 240 Å². The maximum Gasteiger partial charge on any atom is 0.143 e. The van der Waals surface area contributed by atoms with Gasteiger partial charge in [-0.25, -0.2) is 9.97 Å². The van der Waals surface area contributed by atoms with E-state index in [9.17, 15) is 0 Å². The predicted molar refractivity (Wildman–Crippen MR) is 283 cm³/mol. The molecule has 0 aliphatic rings. The Hall–Kier alpha value is -8.64. The summed E-state index contributed by atoms with van der Waals surface area (Å²) in [5.41, 5.74) is 19.2. The van der Waals surface area contributed by atoms with E-state index in [1.807, 2.05) is 0 Å². The van der Waals surface area contributed by atoms with Gasteiger partial charge < -0.3 is 9.13 Å². The maximum absolute atomic E-state index is 5.34. The molecular weight excluding hydrogens is 833 g/mol. The first-order valence-corrected chi connectivity index (χ1v) is 23.5. The second-order valence-corrected chi connectivity index (χ2v) is 18.4. The fourth-order valence-electron chi connectivity index (χ4n) is 10.3. The third kappa shape index (κ3) is 6.13. The first kappa shape index (κ1) is 37.7. The minimum Gasteiger partial charge on any atom is -0.309 e. The molecule has 10 aromatic carbocycles. The third-order valence-electron chi connectivity index (χ3n) is 13.5. The van der Waals surface area contributed by atoms with Gasteiger partial charge in [0.15, 0.2) is 0 Å². The Morgan fingerprint density at radius 2 is 0.716 bits per heavy atom. The molecule has 0 bridgehead atoms. The number of aromatic nitrogens is 4. The quantitative estimate of drug-likeness (QED) is 0.167. The fraction of sp³-hybridized carbons (Fsp3) is 0. The smallest absolute Gasteiger partial charge is 0.143 e. The molecular formula is C62H38N4S. The minimum atomic E-state index is 0.890. The highest BCUT2D eigenvalue weighted by molar-refractivity contribution is 7.25. The molecule has 0 unspecified atom stereocenters. The molecule has 0 N–H and O–H groups in total. The summed E-state index contributed by atoms with van der Waals surface area (Å²) in [5.74, 6) is 0. The molecule has 0 aliphatic heterocycles. The molecule has 0 fully saturated rings. The van der Waals surface area contributed by atoms with Gasteiger partial charge in [0.25, 0.3) is 0 Å². The van der Waals surface area contributed by atoms with Crippen LogP contribution < -0.4 is 0 Å². The molecule has 0 aliphatic carbocycles. The van der Waals surface area contributed by atoms with E-state index in [1.165, 1.54) is 76.1 Å². The van der Waals surface area contributed by atoms with Gasteiger partial charge in [-0.1, -0.05) is 133 Å². The van der Waals surface area contributed by atoms with Crippen LogP contribution in [0, 0.1) is 0 Å². The summed E-state index contributed by atoms with van der Waals surface area (Å²) < 4.78 is 5.91. The van der Waals surface area contributed by atoms with Crippen molar-refractivity contribution in [1.29, 1.82) is 0 Å². The standard InChI is InChI=1S/C62H38N4S/c1-3-17-47(18-4-1)65-56-23-9-7-21-49(56)51-35-43(26-30-58(51)65)39-13-11-15-41(33-39)45-28-32-60-53(37-45)61-62(67-60)64-54-29-25-46(38-55(54)63-61)42-16-12-14-40(34-42)44-27-31-59-52(36-44)50-22-8-10-24-57(50)66(59)48-19-5-2-6-20-48/h1-38H. The van der Waals surface area contributed by atoms with Crippen molar-refractivity contribution in [2.45, 2.75) is 0 Å². The number of hydrogen-bond donors (Lipinski definition) is 0. The van der Waals surface area contributed by atoms with Gasteiger partial charge in [-0.3, -0.25) is 0 Å². The van der Waals surface area contributed by atoms with Crippen LogP contribution in [-0.2, 0) is 0 Å². The van der Waals surface area contributed by atoms with Crippen LogP contribution in [-0.4, -0.2) is 19.1 Å². The molecule has 312 valence electrons. The molecule has 14 aromatic rings. The van der Waals surface area contributed by atoms with Gasteiger partial charge in [0.2, 0.25) is 0 Å². The van der Waals surface area contributed by atoms with Gasteiger partial charge in [-0.15, -0.1) is 11.3 Å². The monoisotopic (exact) mass is 870 g/mol. The third-order valence-corrected chi connectivity index (χ3v) is 14.6. The van der Waals surface area contributed by atoms with Crippen LogP contribution in [0.3, 0.4) is 0 Å². The van der Waals surface area contributed by atoms with Crippen LogP contribution in [0.2, 0.25) is 0 Å². The Bertz CT molecular complexity index is 4270. The SMILES string of the molecule is c1ccc(-n2c3ccccc3c3cc(-c4cccc(-c5ccc6nc7sc8ccc(-c9cccc(-c%10ccc%11c(c%10)c%10ccccc%10n%11-c%10ccccc%10)c9)cc8c7nc6c5)c4)ccc32)cc1. The van der Waals surface area contributed by atoms with Crippen molar-refractivity contribution in [3.05, 3.63) is 231 Å². The van der Waals surface area contributed by atoms with Crippen LogP contribution in [0.25, 0.3) is 131 Å². The predicted octanol–water partition coefficient (Wildman–Crippen LogP) is 16.9. The largest absolute Gasteiger partial charge is 0.309 e. The Balaban J connectivity index is 0.811. The molecule has 0 amide bonds. The summed E-state index contributed by atoms with van der Waals surface area (Å²) >= 11 is 1.71. The van der Waals surface area contributed by atoms with Crippen LogP contribution >= 0.6 is 11.3 Å². The highest BCUT2D eigenvalue weighted by Crippen LogP contribution is 2.40. The molecule has 0 saturated carbocycles. The average molecular weight is 871 g/mol. The van der Waals surface area contributed by atoms with E-state index in [4.69, 9.17) is 9.97 Å². The highest BCUT2D eigenvalue weighted by Gasteiger charge is 2.17. The first-order valence-electron chi connectivity index (χ1n) is 22.7. The molecule has 67 heavy (non-hydrogen) atoms. The summed E-state index contributed by atoms with van der Waals surface area (Å²) in [6, 6.07) is 83.4. The lowest BCUT2D eigenvalue weighted by Crippen LogP contribution is -1.92. The zero-order valence-corrected chi connectivity index (χ0v) is 37.0. The summed E-state index contributed by atoms with van der Waals surface area (Å²) in [5, 5.41) is 6.12. The summed E-state index contributed by atoms with van der Waals surface area (Å²) in [6.07, 6.45) is 0. The Morgan fingerprint density at radius 3 is 1.27 bits per heavy atom. The molecule has 4 nitrogen and oxygen atoms in total. The molecule has 14 rings (SSSR count). The number of para-hydroxylation sites is 4. The number of thiophene rings is 1. The number of hydrogen-bond acceptors (Lipinski definition) is 3. The van der Waals surface area contributed by atoms with Crippen molar-refractivity contribution in [1.82, 2.24) is 19.1 Å². The summed E-state index contributed by atoms with van der Waals surface area (Å²) in [7, 11) is 0. The Morgan fingerprint density at radius 1 is 0.284 bits per heavy atom. The van der Waals surface area contributed by atoms with Gasteiger partial charge in [-0.2, -0.15) is 0 Å². The molecule has 0 atom stereocenters. The van der Waals surface area contributed by atoms with Crippen molar-refractivity contribution < 1.29 is 0 Å². The van der Waals surface area contributed by atoms with Gasteiger partial charge in [0.05, 0.1) is 33.1 Å². The van der Waals surface area contributed by atoms with Crippen molar-refractivity contribution in [3.8, 4) is 55.9 Å². The normalized spacial score (nSPS) is 11.9. The van der Waals surface area contributed by atoms with E-state index in [0.29, 0.717) is 0 Å². The molecule has 4 heterocycles. The maximum atomic E-state index is 5.34. The second kappa shape index (κ2) is 15.0. The number of benzene rings is 10. The van der Waals surface area contributed by atoms with Crippen LogP contribution in [0.4, 0.5) is 0 Å². The Labute approximate surface area is 389 Å². The lowest BCUT2D eigenvalue weighted by Gasteiger charge is -2.09. The lowest BCUT2D eigenvalue weighted by atomic mass is 9.97. The van der Waals surface area contributed by atoms with E-state index in [-0.39, 0.29) is 0 Å². The first-order chi connectivity index (χ1) is 33.2. The average Bonchev–Trinajstić information content (AvgIpc) is 4.05. The van der Waals surface area contributed by atoms with Crippen molar-refractivity contribution in [2.75, 3.05) is 0 Å². The fourth-order valence-corrected chi connectivity index (χ4v) is 11.3. The van der Waals surface area contributed by atoms with Crippen LogP contribution in [0.1, 0.15) is 0 Å². The van der Waals surface area contributed by atoms with Crippen molar-refractivity contribution in [2.24, 2.45) is 0 Å². The summed E-state index contributed by atoms with van der Waals surface area (Å²) in [4.78, 5) is 11.5. The van der Waals surface area contributed by atoms with Crippen molar-refractivity contribution >= 4 is 86.4 Å². The molecule has 4 aromatic heterocycles. The minimum absolute atomic E-state index is 0.890. The molecule has 0 saturated heterocycles. The van der Waals surface area contributed by atoms with E-state index < -0.39 is 0 Å². The highest BCUT2D eigenvalue weighted by atomic mass is 32.1. The number of rotatable bonds is 6. The number of fused-ring (bicyclic) bond motifs is 10. The number of nitrogens with zero attached hydrogens (tertiary/aromatic N) is 4. The van der Waals surface area contributed by atoms with Crippen LogP contribution in [0.15, 0.2) is 231 Å². The van der Waals surface area contributed by atoms with Gasteiger partial charge in [0.1, 0.15) is 10.3 Å². The van der Waals surface area contributed by atoms with Crippen molar-refractivity contribution in [3.63, 3.8) is 0 Å². The molecule has 5 heteroatoms. The zero-order valence-electron chi connectivity index (χ0n) is 36.1. The van der Waals surface area contributed by atoms with E-state index >= 15 is 0 Å². The van der Waals surface area contributed by atoms with E-state index in [0.717, 1.165) is 54.8 Å². The van der Waals surface area contributed by atoms with Gasteiger partial charge in [-0.05, 0) is 142 Å². The summed E-state index contributed by atoms with van der Waals surface area (Å²) in [6.45, 7) is 0. The van der Waals surface area contributed by atoms with E-state index in [1.54, 1.807) is 11.3 Å².